The highest BCUT2D eigenvalue weighted by molar-refractivity contribution is 5.79. The third-order valence-electron chi connectivity index (χ3n) is 4.39. The van der Waals surface area contributed by atoms with Gasteiger partial charge in [-0.2, -0.15) is 0 Å². The highest BCUT2D eigenvalue weighted by atomic mass is 16.5. The van der Waals surface area contributed by atoms with E-state index in [9.17, 15) is 9.90 Å². The third kappa shape index (κ3) is 7.02. The summed E-state index contributed by atoms with van der Waals surface area (Å²) in [6.45, 7) is 2.10. The van der Waals surface area contributed by atoms with Crippen LogP contribution >= 0.6 is 0 Å². The first kappa shape index (κ1) is 21.4. The van der Waals surface area contributed by atoms with Crippen LogP contribution in [-0.2, 0) is 11.2 Å². The molecule has 0 amide bonds. The second kappa shape index (κ2) is 11.1. The number of hydrogen-bond acceptors (Lipinski definition) is 5. The number of aliphatic hydroxyl groups is 2. The molecule has 1 aromatic rings. The van der Waals surface area contributed by atoms with E-state index in [1.165, 1.54) is 19.3 Å². The number of aliphatic hydroxyl groups excluding tert-OH is 2. The molecule has 0 radical (unpaired) electrons. The first-order chi connectivity index (χ1) is 11.9. The molecule has 0 aliphatic carbocycles. The van der Waals surface area contributed by atoms with Crippen molar-refractivity contribution in [2.75, 3.05) is 13.2 Å². The van der Waals surface area contributed by atoms with E-state index in [1.807, 2.05) is 24.3 Å². The molecule has 25 heavy (non-hydrogen) atoms. The average Bonchev–Trinajstić information content (AvgIpc) is 2.61. The van der Waals surface area contributed by atoms with Crippen molar-refractivity contribution in [2.45, 2.75) is 63.5 Å². The van der Waals surface area contributed by atoms with Crippen LogP contribution < -0.4 is 10.5 Å². The molecule has 2 unspecified atom stereocenters. The molecule has 5 N–H and O–H groups in total. The zero-order valence-corrected chi connectivity index (χ0v) is 15.0. The molecule has 6 heteroatoms. The topological polar surface area (TPSA) is 113 Å². The Morgan fingerprint density at radius 1 is 1.20 bits per heavy atom. The SMILES string of the molecule is CCCCCCOc1ccc(CCCC(O)C(N)(CO)C(=O)O)cc1. The Morgan fingerprint density at radius 3 is 2.44 bits per heavy atom. The Morgan fingerprint density at radius 2 is 1.88 bits per heavy atom. The second-order valence-electron chi connectivity index (χ2n) is 6.46. The highest BCUT2D eigenvalue weighted by Gasteiger charge is 2.40. The minimum absolute atomic E-state index is 0.207. The van der Waals surface area contributed by atoms with Crippen molar-refractivity contribution in [3.63, 3.8) is 0 Å². The van der Waals surface area contributed by atoms with Gasteiger partial charge in [0.1, 0.15) is 5.75 Å². The van der Waals surface area contributed by atoms with Crippen molar-refractivity contribution >= 4 is 5.97 Å². The molecule has 1 aromatic carbocycles. The second-order valence-corrected chi connectivity index (χ2v) is 6.46. The normalized spacial score (nSPS) is 14.7. The molecule has 0 aliphatic rings. The lowest BCUT2D eigenvalue weighted by atomic mass is 9.90. The third-order valence-corrected chi connectivity index (χ3v) is 4.39. The van der Waals surface area contributed by atoms with Gasteiger partial charge in [0.25, 0.3) is 0 Å². The standard InChI is InChI=1S/C19H31NO5/c1-2-3-4-5-13-25-16-11-9-15(10-12-16)7-6-8-17(22)19(20,14-21)18(23)24/h9-12,17,21-22H,2-8,13-14,20H2,1H3,(H,23,24). The first-order valence-electron chi connectivity index (χ1n) is 8.97. The quantitative estimate of drug-likeness (QED) is 0.404. The minimum atomic E-state index is -2.00. The van der Waals surface area contributed by atoms with Gasteiger partial charge in [0.05, 0.1) is 19.3 Å². The monoisotopic (exact) mass is 353 g/mol. The van der Waals surface area contributed by atoms with E-state index >= 15 is 0 Å². The lowest BCUT2D eigenvalue weighted by molar-refractivity contribution is -0.150. The molecule has 0 spiro atoms. The maximum absolute atomic E-state index is 11.0. The van der Waals surface area contributed by atoms with Gasteiger partial charge < -0.3 is 25.8 Å². The van der Waals surface area contributed by atoms with Crippen molar-refractivity contribution in [1.29, 1.82) is 0 Å². The summed E-state index contributed by atoms with van der Waals surface area (Å²) < 4.78 is 5.69. The summed E-state index contributed by atoms with van der Waals surface area (Å²) in [5.41, 5.74) is 4.62. The maximum atomic E-state index is 11.0. The van der Waals surface area contributed by atoms with Gasteiger partial charge in [-0.1, -0.05) is 38.3 Å². The van der Waals surface area contributed by atoms with E-state index in [4.69, 9.17) is 20.7 Å². The van der Waals surface area contributed by atoms with Gasteiger partial charge in [-0.3, -0.25) is 4.79 Å². The molecule has 142 valence electrons. The summed E-state index contributed by atoms with van der Waals surface area (Å²) in [4.78, 5) is 11.0. The van der Waals surface area contributed by atoms with Gasteiger partial charge in [0, 0.05) is 0 Å². The number of benzene rings is 1. The summed E-state index contributed by atoms with van der Waals surface area (Å²) in [7, 11) is 0. The van der Waals surface area contributed by atoms with Gasteiger partial charge in [0.15, 0.2) is 5.54 Å². The van der Waals surface area contributed by atoms with Gasteiger partial charge >= 0.3 is 5.97 Å². The zero-order valence-electron chi connectivity index (χ0n) is 15.0. The van der Waals surface area contributed by atoms with Gasteiger partial charge in [-0.25, -0.2) is 0 Å². The Hall–Kier alpha value is -1.63. The number of carbonyl (C=O) groups is 1. The molecule has 0 bridgehead atoms. The van der Waals surface area contributed by atoms with E-state index in [2.05, 4.69) is 6.92 Å². The van der Waals surface area contributed by atoms with E-state index in [0.717, 1.165) is 24.3 Å². The Bertz CT molecular complexity index is 505. The summed E-state index contributed by atoms with van der Waals surface area (Å²) in [5.74, 6) is -0.560. The Labute approximate surface area is 149 Å². The first-order valence-corrected chi connectivity index (χ1v) is 8.97. The lowest BCUT2D eigenvalue weighted by Crippen LogP contribution is -2.60. The molecular weight excluding hydrogens is 322 g/mol. The van der Waals surface area contributed by atoms with Crippen LogP contribution in [0.3, 0.4) is 0 Å². The van der Waals surface area contributed by atoms with Crippen molar-refractivity contribution in [3.8, 4) is 5.75 Å². The van der Waals surface area contributed by atoms with E-state index in [-0.39, 0.29) is 6.42 Å². The van der Waals surface area contributed by atoms with Crippen molar-refractivity contribution in [1.82, 2.24) is 0 Å². The smallest absolute Gasteiger partial charge is 0.328 e. The summed E-state index contributed by atoms with van der Waals surface area (Å²) in [5, 5.41) is 28.1. The van der Waals surface area contributed by atoms with Crippen LogP contribution in [0.2, 0.25) is 0 Å². The Kier molecular flexibility index (Phi) is 9.49. The van der Waals surface area contributed by atoms with Gasteiger partial charge in [0.2, 0.25) is 0 Å². The number of aliphatic carboxylic acids is 1. The number of nitrogens with two attached hydrogens (primary N) is 1. The van der Waals surface area contributed by atoms with Crippen molar-refractivity contribution in [3.05, 3.63) is 29.8 Å². The molecule has 6 nitrogen and oxygen atoms in total. The molecule has 0 fully saturated rings. The fourth-order valence-electron chi connectivity index (χ4n) is 2.54. The van der Waals surface area contributed by atoms with Crippen LogP contribution in [0.4, 0.5) is 0 Å². The molecule has 0 saturated carbocycles. The average molecular weight is 353 g/mol. The summed E-state index contributed by atoms with van der Waals surface area (Å²) in [6, 6.07) is 7.77. The number of carboxylic acids is 1. The number of unbranched alkanes of at least 4 members (excludes halogenated alkanes) is 3. The van der Waals surface area contributed by atoms with Crippen molar-refractivity contribution in [2.24, 2.45) is 5.73 Å². The number of rotatable bonds is 13. The summed E-state index contributed by atoms with van der Waals surface area (Å²) >= 11 is 0. The number of ether oxygens (including phenoxy) is 1. The summed E-state index contributed by atoms with van der Waals surface area (Å²) in [6.07, 6.45) is 4.86. The van der Waals surface area contributed by atoms with E-state index < -0.39 is 24.2 Å². The van der Waals surface area contributed by atoms with E-state index in [0.29, 0.717) is 12.8 Å². The molecule has 0 aromatic heterocycles. The number of hydrogen-bond donors (Lipinski definition) is 4. The maximum Gasteiger partial charge on any atom is 0.328 e. The predicted octanol–water partition coefficient (Wildman–Crippen LogP) is 2.10. The molecular formula is C19H31NO5. The molecule has 0 aliphatic heterocycles. The minimum Gasteiger partial charge on any atom is -0.494 e. The predicted molar refractivity (Wildman–Crippen MR) is 96.7 cm³/mol. The molecule has 1 rings (SSSR count). The van der Waals surface area contributed by atoms with Gasteiger partial charge in [-0.05, 0) is 43.4 Å². The number of aryl methyl sites for hydroxylation is 1. The van der Waals surface area contributed by atoms with E-state index in [1.54, 1.807) is 0 Å². The fraction of sp³-hybridized carbons (Fsp3) is 0.632. The van der Waals surface area contributed by atoms with Gasteiger partial charge in [-0.15, -0.1) is 0 Å². The lowest BCUT2D eigenvalue weighted by Gasteiger charge is -2.27. The molecule has 0 heterocycles. The molecule has 2 atom stereocenters. The van der Waals surface area contributed by atoms with Crippen LogP contribution in [0, 0.1) is 0 Å². The highest BCUT2D eigenvalue weighted by Crippen LogP contribution is 2.17. The largest absolute Gasteiger partial charge is 0.494 e. The van der Waals surface area contributed by atoms with Crippen LogP contribution in [0.15, 0.2) is 24.3 Å². The Balaban J connectivity index is 2.35. The van der Waals surface area contributed by atoms with Crippen LogP contribution in [0.1, 0.15) is 51.0 Å². The van der Waals surface area contributed by atoms with Crippen LogP contribution in [0.5, 0.6) is 5.75 Å². The fourth-order valence-corrected chi connectivity index (χ4v) is 2.54. The molecule has 0 saturated heterocycles. The zero-order chi connectivity index (χ0) is 18.7. The number of carboxylic acid groups (broad SMARTS) is 1. The van der Waals surface area contributed by atoms with Crippen LogP contribution in [-0.4, -0.2) is 46.1 Å². The van der Waals surface area contributed by atoms with Crippen molar-refractivity contribution < 1.29 is 24.9 Å². The van der Waals surface area contributed by atoms with Crippen LogP contribution in [0.25, 0.3) is 0 Å².